The van der Waals surface area contributed by atoms with Crippen molar-refractivity contribution in [2.45, 2.75) is 35.6 Å². The number of fused-ring (bicyclic) bond motifs is 2. The Bertz CT molecular complexity index is 646. The van der Waals surface area contributed by atoms with Gasteiger partial charge in [0.1, 0.15) is 0 Å². The van der Waals surface area contributed by atoms with Gasteiger partial charge in [0.2, 0.25) is 0 Å². The lowest BCUT2D eigenvalue weighted by Gasteiger charge is -2.42. The summed E-state index contributed by atoms with van der Waals surface area (Å²) in [5.74, 6) is 0. The highest BCUT2D eigenvalue weighted by Gasteiger charge is 2.32. The number of rotatable bonds is 4. The first kappa shape index (κ1) is 16.2. The molecule has 0 N–H and O–H groups in total. The molecule has 0 bridgehead atoms. The van der Waals surface area contributed by atoms with Crippen molar-refractivity contribution in [3.05, 3.63) is 59.7 Å². The minimum absolute atomic E-state index is 0.423. The molecule has 24 heavy (non-hydrogen) atoms. The monoisotopic (exact) mass is 338 g/mol. The Labute approximate surface area is 149 Å². The van der Waals surface area contributed by atoms with E-state index < -0.39 is 0 Å². The zero-order valence-corrected chi connectivity index (χ0v) is 15.3. The first-order valence-corrected chi connectivity index (χ1v) is 10.0. The fourth-order valence-electron chi connectivity index (χ4n) is 3.91. The molecule has 0 unspecified atom stereocenters. The summed E-state index contributed by atoms with van der Waals surface area (Å²) < 4.78 is 0. The maximum Gasteiger partial charge on any atom is 0.0624 e. The van der Waals surface area contributed by atoms with Gasteiger partial charge in [-0.1, -0.05) is 61.5 Å². The van der Waals surface area contributed by atoms with Crippen molar-refractivity contribution in [3.63, 3.8) is 0 Å². The minimum Gasteiger partial charge on any atom is -0.301 e. The molecule has 0 aromatic heterocycles. The highest BCUT2D eigenvalue weighted by atomic mass is 32.2. The van der Waals surface area contributed by atoms with Crippen LogP contribution in [-0.2, 0) is 0 Å². The highest BCUT2D eigenvalue weighted by Crippen LogP contribution is 2.47. The van der Waals surface area contributed by atoms with Crippen molar-refractivity contribution < 1.29 is 0 Å². The smallest absolute Gasteiger partial charge is 0.0624 e. The molecular weight excluding hydrogens is 312 g/mol. The van der Waals surface area contributed by atoms with Crippen LogP contribution in [-0.4, -0.2) is 42.5 Å². The Kier molecular flexibility index (Phi) is 4.93. The molecule has 2 heterocycles. The fraction of sp³-hybridized carbons (Fsp3) is 0.429. The molecule has 0 aliphatic carbocycles. The molecule has 2 aliphatic rings. The van der Waals surface area contributed by atoms with Crippen molar-refractivity contribution in [2.24, 2.45) is 0 Å². The molecule has 4 rings (SSSR count). The van der Waals surface area contributed by atoms with E-state index in [0.29, 0.717) is 6.04 Å². The van der Waals surface area contributed by atoms with E-state index in [1.54, 1.807) is 0 Å². The summed E-state index contributed by atoms with van der Waals surface area (Å²) in [4.78, 5) is 8.18. The van der Waals surface area contributed by atoms with E-state index in [9.17, 15) is 0 Å². The van der Waals surface area contributed by atoms with Gasteiger partial charge >= 0.3 is 0 Å². The Hall–Kier alpha value is -1.29. The third-order valence-electron chi connectivity index (χ3n) is 5.25. The molecule has 3 heteroatoms. The minimum atomic E-state index is 0.423. The summed E-state index contributed by atoms with van der Waals surface area (Å²) >= 11 is 1.92. The van der Waals surface area contributed by atoms with Gasteiger partial charge in [0, 0.05) is 36.0 Å². The summed E-state index contributed by atoms with van der Waals surface area (Å²) in [5.41, 5.74) is 2.98. The fourth-order valence-corrected chi connectivity index (χ4v) is 5.03. The van der Waals surface area contributed by atoms with E-state index in [2.05, 4.69) is 65.3 Å². The van der Waals surface area contributed by atoms with Crippen molar-refractivity contribution >= 4 is 11.8 Å². The second kappa shape index (κ2) is 7.30. The van der Waals surface area contributed by atoms with E-state index in [1.807, 2.05) is 11.8 Å². The van der Waals surface area contributed by atoms with E-state index in [1.165, 1.54) is 66.5 Å². The van der Waals surface area contributed by atoms with Crippen LogP contribution in [0, 0.1) is 0 Å². The molecule has 2 aliphatic heterocycles. The van der Waals surface area contributed by atoms with Crippen LogP contribution in [0.1, 0.15) is 36.9 Å². The number of nitrogens with zero attached hydrogens (tertiary/aromatic N) is 2. The predicted molar refractivity (Wildman–Crippen MR) is 102 cm³/mol. The van der Waals surface area contributed by atoms with Crippen LogP contribution in [0.15, 0.2) is 58.3 Å². The molecule has 0 saturated carbocycles. The van der Waals surface area contributed by atoms with E-state index in [-0.39, 0.29) is 0 Å². The Morgan fingerprint density at radius 2 is 1.46 bits per heavy atom. The second-order valence-corrected chi connectivity index (χ2v) is 7.90. The van der Waals surface area contributed by atoms with Gasteiger partial charge in [0.25, 0.3) is 0 Å². The first-order valence-electron chi connectivity index (χ1n) is 9.19. The van der Waals surface area contributed by atoms with E-state index in [0.717, 1.165) is 0 Å². The predicted octanol–water partition coefficient (Wildman–Crippen LogP) is 4.66. The van der Waals surface area contributed by atoms with Gasteiger partial charge in [0.15, 0.2) is 0 Å². The van der Waals surface area contributed by atoms with Gasteiger partial charge in [0.05, 0.1) is 6.04 Å². The molecule has 0 radical (unpaired) electrons. The molecule has 0 amide bonds. The average Bonchev–Trinajstić information content (AvgIpc) is 2.65. The lowest BCUT2D eigenvalue weighted by molar-refractivity contribution is 0.106. The molecule has 0 spiro atoms. The average molecular weight is 339 g/mol. The lowest BCUT2D eigenvalue weighted by atomic mass is 9.95. The number of hydrogen-bond acceptors (Lipinski definition) is 3. The number of hydrogen-bond donors (Lipinski definition) is 0. The van der Waals surface area contributed by atoms with Crippen LogP contribution in [0.3, 0.4) is 0 Å². The Morgan fingerprint density at radius 1 is 0.875 bits per heavy atom. The summed E-state index contributed by atoms with van der Waals surface area (Å²) in [6, 6.07) is 18.3. The van der Waals surface area contributed by atoms with Crippen LogP contribution in [0.4, 0.5) is 0 Å². The van der Waals surface area contributed by atoms with Crippen molar-refractivity contribution in [3.8, 4) is 0 Å². The third kappa shape index (κ3) is 3.13. The normalized spacial score (nSPS) is 19.0. The Balaban J connectivity index is 1.59. The molecular formula is C21H26N2S. The quantitative estimate of drug-likeness (QED) is 0.801. The summed E-state index contributed by atoms with van der Waals surface area (Å²) in [6.45, 7) is 8.28. The van der Waals surface area contributed by atoms with Crippen molar-refractivity contribution in [2.75, 3.05) is 32.7 Å². The van der Waals surface area contributed by atoms with Gasteiger partial charge < -0.3 is 4.90 Å². The zero-order chi connectivity index (χ0) is 16.4. The van der Waals surface area contributed by atoms with Gasteiger partial charge in [-0.05, 0) is 36.2 Å². The van der Waals surface area contributed by atoms with E-state index in [4.69, 9.17) is 0 Å². The van der Waals surface area contributed by atoms with Gasteiger partial charge in [-0.3, -0.25) is 4.90 Å². The van der Waals surface area contributed by atoms with Crippen LogP contribution in [0.25, 0.3) is 0 Å². The molecule has 2 aromatic carbocycles. The number of benzene rings is 2. The van der Waals surface area contributed by atoms with Gasteiger partial charge in [-0.25, -0.2) is 0 Å². The molecule has 2 nitrogen and oxygen atoms in total. The molecule has 0 atom stereocenters. The summed E-state index contributed by atoms with van der Waals surface area (Å²) in [7, 11) is 0. The molecule has 2 aromatic rings. The SMILES string of the molecule is CCCCN1CCN(C2c3ccccc3Sc3ccccc32)CC1. The molecule has 126 valence electrons. The van der Waals surface area contributed by atoms with Crippen LogP contribution in [0.5, 0.6) is 0 Å². The maximum absolute atomic E-state index is 2.69. The van der Waals surface area contributed by atoms with Crippen molar-refractivity contribution in [1.29, 1.82) is 0 Å². The number of piperazine rings is 1. The molecule has 1 fully saturated rings. The van der Waals surface area contributed by atoms with Crippen LogP contribution >= 0.6 is 11.8 Å². The largest absolute Gasteiger partial charge is 0.301 e. The van der Waals surface area contributed by atoms with Gasteiger partial charge in [-0.2, -0.15) is 0 Å². The topological polar surface area (TPSA) is 6.48 Å². The standard InChI is InChI=1S/C21H26N2S/c1-2-3-12-22-13-15-23(16-14-22)21-17-8-4-6-10-19(17)24-20-11-7-5-9-18(20)21/h4-11,21H,2-3,12-16H2,1H3. The zero-order valence-electron chi connectivity index (χ0n) is 14.4. The summed E-state index contributed by atoms with van der Waals surface area (Å²) in [6.07, 6.45) is 2.62. The van der Waals surface area contributed by atoms with Crippen molar-refractivity contribution in [1.82, 2.24) is 9.80 Å². The van der Waals surface area contributed by atoms with Crippen LogP contribution < -0.4 is 0 Å². The van der Waals surface area contributed by atoms with Crippen LogP contribution in [0.2, 0.25) is 0 Å². The third-order valence-corrected chi connectivity index (χ3v) is 6.43. The lowest BCUT2D eigenvalue weighted by Crippen LogP contribution is -2.48. The van der Waals surface area contributed by atoms with Gasteiger partial charge in [-0.15, -0.1) is 0 Å². The Morgan fingerprint density at radius 3 is 2.04 bits per heavy atom. The summed E-state index contributed by atoms with van der Waals surface area (Å²) in [5, 5.41) is 0. The van der Waals surface area contributed by atoms with E-state index >= 15 is 0 Å². The second-order valence-electron chi connectivity index (χ2n) is 6.81. The maximum atomic E-state index is 2.69. The number of unbranched alkanes of at least 4 members (excludes halogenated alkanes) is 1. The highest BCUT2D eigenvalue weighted by molar-refractivity contribution is 7.99. The first-order chi connectivity index (χ1) is 11.9. The molecule has 1 saturated heterocycles.